The molecule has 0 bridgehead atoms. The molecule has 3 aromatic rings. The maximum absolute atomic E-state index is 12.4. The lowest BCUT2D eigenvalue weighted by atomic mass is 10.1. The summed E-state index contributed by atoms with van der Waals surface area (Å²) in [5.41, 5.74) is 4.04. The number of amides is 1. The first kappa shape index (κ1) is 20.3. The molecule has 0 radical (unpaired) electrons. The van der Waals surface area contributed by atoms with E-state index in [0.29, 0.717) is 24.4 Å². The molecule has 7 heteroatoms. The van der Waals surface area contributed by atoms with E-state index in [9.17, 15) is 9.59 Å². The van der Waals surface area contributed by atoms with Crippen LogP contribution < -0.4 is 5.32 Å². The number of hydrogen-bond donors (Lipinski definition) is 2. The van der Waals surface area contributed by atoms with Crippen LogP contribution in [0.1, 0.15) is 41.9 Å². The van der Waals surface area contributed by atoms with Crippen molar-refractivity contribution in [1.82, 2.24) is 20.3 Å². The average Bonchev–Trinajstić information content (AvgIpc) is 3.12. The zero-order chi connectivity index (χ0) is 20.6. The van der Waals surface area contributed by atoms with Crippen LogP contribution in [0.5, 0.6) is 0 Å². The molecule has 0 unspecified atom stereocenters. The van der Waals surface area contributed by atoms with Crippen LogP contribution in [0.2, 0.25) is 0 Å². The zero-order valence-electron chi connectivity index (χ0n) is 16.3. The SMILES string of the molecule is Cc1c(C(=O)NCCCCCC(=O)O)nnn1-c1ccc(-c2ccccc2)cc1. The maximum Gasteiger partial charge on any atom is 0.303 e. The van der Waals surface area contributed by atoms with Crippen molar-refractivity contribution < 1.29 is 14.7 Å². The quantitative estimate of drug-likeness (QED) is 0.542. The fourth-order valence-electron chi connectivity index (χ4n) is 3.07. The zero-order valence-corrected chi connectivity index (χ0v) is 16.3. The number of aromatic nitrogens is 3. The molecule has 0 saturated heterocycles. The molecule has 150 valence electrons. The number of carboxylic acids is 1. The van der Waals surface area contributed by atoms with E-state index in [-0.39, 0.29) is 12.3 Å². The van der Waals surface area contributed by atoms with E-state index in [1.54, 1.807) is 4.68 Å². The maximum atomic E-state index is 12.4. The van der Waals surface area contributed by atoms with Gasteiger partial charge in [-0.25, -0.2) is 4.68 Å². The van der Waals surface area contributed by atoms with Gasteiger partial charge in [0, 0.05) is 13.0 Å². The summed E-state index contributed by atoms with van der Waals surface area (Å²) in [5.74, 6) is -1.06. The Balaban J connectivity index is 1.60. The minimum absolute atomic E-state index is 0.157. The number of benzene rings is 2. The normalized spacial score (nSPS) is 10.7. The van der Waals surface area contributed by atoms with Crippen molar-refractivity contribution in [3.8, 4) is 16.8 Å². The Morgan fingerprint density at radius 3 is 2.34 bits per heavy atom. The molecule has 3 rings (SSSR count). The van der Waals surface area contributed by atoms with Crippen LogP contribution in [0, 0.1) is 6.92 Å². The first-order chi connectivity index (χ1) is 14.1. The van der Waals surface area contributed by atoms with Crippen LogP contribution in [-0.4, -0.2) is 38.5 Å². The van der Waals surface area contributed by atoms with Gasteiger partial charge in [0.25, 0.3) is 5.91 Å². The van der Waals surface area contributed by atoms with Crippen molar-refractivity contribution in [3.63, 3.8) is 0 Å². The van der Waals surface area contributed by atoms with Crippen LogP contribution in [-0.2, 0) is 4.79 Å². The van der Waals surface area contributed by atoms with E-state index >= 15 is 0 Å². The van der Waals surface area contributed by atoms with Gasteiger partial charge in [-0.3, -0.25) is 9.59 Å². The fourth-order valence-corrected chi connectivity index (χ4v) is 3.07. The Bertz CT molecular complexity index is 965. The first-order valence-electron chi connectivity index (χ1n) is 9.64. The molecule has 0 spiro atoms. The molecule has 0 saturated carbocycles. The highest BCUT2D eigenvalue weighted by molar-refractivity contribution is 5.93. The number of hydrogen-bond acceptors (Lipinski definition) is 4. The fraction of sp³-hybridized carbons (Fsp3) is 0.273. The Labute approximate surface area is 169 Å². The van der Waals surface area contributed by atoms with Crippen molar-refractivity contribution in [2.45, 2.75) is 32.6 Å². The molecular formula is C22H24N4O3. The Kier molecular flexibility index (Phi) is 6.73. The minimum atomic E-state index is -0.793. The predicted molar refractivity (Wildman–Crippen MR) is 110 cm³/mol. The molecular weight excluding hydrogens is 368 g/mol. The van der Waals surface area contributed by atoms with Gasteiger partial charge in [-0.1, -0.05) is 54.1 Å². The molecule has 0 aliphatic carbocycles. The van der Waals surface area contributed by atoms with E-state index in [2.05, 4.69) is 27.8 Å². The van der Waals surface area contributed by atoms with Gasteiger partial charge in [-0.2, -0.15) is 0 Å². The van der Waals surface area contributed by atoms with Gasteiger partial charge in [-0.15, -0.1) is 5.10 Å². The second-order valence-electron chi connectivity index (χ2n) is 6.81. The Morgan fingerprint density at radius 2 is 1.66 bits per heavy atom. The van der Waals surface area contributed by atoms with Gasteiger partial charge >= 0.3 is 5.97 Å². The molecule has 2 aromatic carbocycles. The first-order valence-corrected chi connectivity index (χ1v) is 9.64. The summed E-state index contributed by atoms with van der Waals surface area (Å²) in [4.78, 5) is 22.9. The lowest BCUT2D eigenvalue weighted by Gasteiger charge is -2.07. The molecule has 29 heavy (non-hydrogen) atoms. The minimum Gasteiger partial charge on any atom is -0.481 e. The van der Waals surface area contributed by atoms with Crippen molar-refractivity contribution in [1.29, 1.82) is 0 Å². The molecule has 0 aliphatic heterocycles. The summed E-state index contributed by atoms with van der Waals surface area (Å²) in [7, 11) is 0. The number of aliphatic carboxylic acids is 1. The standard InChI is InChI=1S/C22H24N4O3/c1-16-21(22(29)23-15-7-3-6-10-20(27)28)24-25-26(16)19-13-11-18(12-14-19)17-8-4-2-5-9-17/h2,4-5,8-9,11-14H,3,6-7,10,15H2,1H3,(H,23,29)(H,27,28). The van der Waals surface area contributed by atoms with E-state index in [1.807, 2.05) is 49.4 Å². The summed E-state index contributed by atoms with van der Waals surface area (Å²) in [6.45, 7) is 2.30. The number of carboxylic acid groups (broad SMARTS) is 1. The van der Waals surface area contributed by atoms with Gasteiger partial charge in [0.05, 0.1) is 11.4 Å². The van der Waals surface area contributed by atoms with Crippen LogP contribution >= 0.6 is 0 Å². The summed E-state index contributed by atoms with van der Waals surface area (Å²) < 4.78 is 1.65. The molecule has 7 nitrogen and oxygen atoms in total. The second-order valence-corrected chi connectivity index (χ2v) is 6.81. The third kappa shape index (κ3) is 5.28. The molecule has 1 heterocycles. The van der Waals surface area contributed by atoms with Gasteiger partial charge in [0.15, 0.2) is 5.69 Å². The smallest absolute Gasteiger partial charge is 0.303 e. The third-order valence-corrected chi connectivity index (χ3v) is 4.68. The average molecular weight is 392 g/mol. The predicted octanol–water partition coefficient (Wildman–Crippen LogP) is 3.62. The highest BCUT2D eigenvalue weighted by atomic mass is 16.4. The van der Waals surface area contributed by atoms with Gasteiger partial charge in [0.1, 0.15) is 0 Å². The largest absolute Gasteiger partial charge is 0.481 e. The summed E-state index contributed by atoms with van der Waals surface area (Å²) in [6, 6.07) is 18.0. The molecule has 0 fully saturated rings. The number of nitrogens with one attached hydrogen (secondary N) is 1. The second kappa shape index (κ2) is 9.64. The molecule has 1 aromatic heterocycles. The highest BCUT2D eigenvalue weighted by Crippen LogP contribution is 2.21. The van der Waals surface area contributed by atoms with E-state index in [1.165, 1.54) is 0 Å². The van der Waals surface area contributed by atoms with E-state index in [0.717, 1.165) is 29.7 Å². The van der Waals surface area contributed by atoms with E-state index < -0.39 is 5.97 Å². The van der Waals surface area contributed by atoms with Crippen molar-refractivity contribution >= 4 is 11.9 Å². The number of unbranched alkanes of at least 4 members (excludes halogenated alkanes) is 2. The van der Waals surface area contributed by atoms with Crippen LogP contribution in [0.3, 0.4) is 0 Å². The molecule has 0 atom stereocenters. The van der Waals surface area contributed by atoms with Crippen molar-refractivity contribution in [2.24, 2.45) is 0 Å². The van der Waals surface area contributed by atoms with Gasteiger partial charge < -0.3 is 10.4 Å². The monoisotopic (exact) mass is 392 g/mol. The number of nitrogens with zero attached hydrogens (tertiary/aromatic N) is 3. The topological polar surface area (TPSA) is 97.1 Å². The number of carbonyl (C=O) groups excluding carboxylic acids is 1. The van der Waals surface area contributed by atoms with Crippen molar-refractivity contribution in [3.05, 3.63) is 66.0 Å². The summed E-state index contributed by atoms with van der Waals surface area (Å²) in [5, 5.41) is 19.6. The van der Waals surface area contributed by atoms with Crippen molar-refractivity contribution in [2.75, 3.05) is 6.54 Å². The van der Waals surface area contributed by atoms with Gasteiger partial charge in [-0.05, 0) is 43.0 Å². The molecule has 0 aliphatic rings. The Hall–Kier alpha value is -3.48. The number of carbonyl (C=O) groups is 2. The summed E-state index contributed by atoms with van der Waals surface area (Å²) in [6.07, 6.45) is 2.25. The number of rotatable bonds is 9. The van der Waals surface area contributed by atoms with Crippen LogP contribution in [0.25, 0.3) is 16.8 Å². The molecule has 2 N–H and O–H groups in total. The third-order valence-electron chi connectivity index (χ3n) is 4.68. The summed E-state index contributed by atoms with van der Waals surface area (Å²) >= 11 is 0. The molecule has 1 amide bonds. The Morgan fingerprint density at radius 1 is 0.966 bits per heavy atom. The van der Waals surface area contributed by atoms with Crippen LogP contribution in [0.4, 0.5) is 0 Å². The highest BCUT2D eigenvalue weighted by Gasteiger charge is 2.17. The van der Waals surface area contributed by atoms with Gasteiger partial charge in [0.2, 0.25) is 0 Å². The lowest BCUT2D eigenvalue weighted by Crippen LogP contribution is -2.25. The van der Waals surface area contributed by atoms with E-state index in [4.69, 9.17) is 5.11 Å². The van der Waals surface area contributed by atoms with Crippen LogP contribution in [0.15, 0.2) is 54.6 Å². The lowest BCUT2D eigenvalue weighted by molar-refractivity contribution is -0.137.